The van der Waals surface area contributed by atoms with Gasteiger partial charge in [-0.25, -0.2) is 4.98 Å². The van der Waals surface area contributed by atoms with Crippen molar-refractivity contribution in [2.24, 2.45) is 5.92 Å². The summed E-state index contributed by atoms with van der Waals surface area (Å²) in [7, 11) is 0. The number of nitrogens with one attached hydrogen (secondary N) is 1. The van der Waals surface area contributed by atoms with Crippen molar-refractivity contribution in [2.75, 3.05) is 0 Å². The first-order valence-corrected chi connectivity index (χ1v) is 7.59. The average Bonchev–Trinajstić information content (AvgIpc) is 2.31. The summed E-state index contributed by atoms with van der Waals surface area (Å²) in [6.45, 7) is 4.35. The van der Waals surface area contributed by atoms with Crippen LogP contribution < -0.4 is 0 Å². The highest BCUT2D eigenvalue weighted by Gasteiger charge is 2.06. The first-order valence-electron chi connectivity index (χ1n) is 6.01. The first-order chi connectivity index (χ1) is 8.95. The third kappa shape index (κ3) is 3.88. The van der Waals surface area contributed by atoms with E-state index < -0.39 is 0 Å². The Labute approximate surface area is 131 Å². The summed E-state index contributed by atoms with van der Waals surface area (Å²) in [6.07, 6.45) is 0.952. The Balaban J connectivity index is 2.46. The predicted octanol–water partition coefficient (Wildman–Crippen LogP) is 5.42. The van der Waals surface area contributed by atoms with Gasteiger partial charge >= 0.3 is 0 Å². The molecule has 0 radical (unpaired) electrons. The minimum Gasteiger partial charge on any atom is -0.343 e. The first kappa shape index (κ1) is 14.7. The van der Waals surface area contributed by atoms with Gasteiger partial charge in [-0.1, -0.05) is 37.7 Å². The van der Waals surface area contributed by atoms with Crippen LogP contribution in [0, 0.1) is 10.6 Å². The molecule has 2 rings (SSSR count). The molecule has 2 aromatic rings. The van der Waals surface area contributed by atoms with E-state index in [9.17, 15) is 0 Å². The van der Waals surface area contributed by atoms with E-state index in [1.54, 1.807) is 0 Å². The van der Waals surface area contributed by atoms with Crippen LogP contribution in [0.2, 0.25) is 5.02 Å². The van der Waals surface area contributed by atoms with Crippen molar-refractivity contribution >= 4 is 39.7 Å². The van der Waals surface area contributed by atoms with Crippen LogP contribution in [-0.4, -0.2) is 9.97 Å². The maximum atomic E-state index is 6.00. The SMILES string of the molecule is CC(C)Cc1cc(=S)nc(-c2ccc(Cl)c(Br)c2)[nH]1. The number of benzene rings is 1. The van der Waals surface area contributed by atoms with Crippen molar-refractivity contribution in [3.05, 3.63) is 44.1 Å². The van der Waals surface area contributed by atoms with Gasteiger partial charge in [-0.15, -0.1) is 0 Å². The minimum absolute atomic E-state index is 0.567. The van der Waals surface area contributed by atoms with Gasteiger partial charge in [-0.2, -0.15) is 0 Å². The Morgan fingerprint density at radius 2 is 2.11 bits per heavy atom. The highest BCUT2D eigenvalue weighted by molar-refractivity contribution is 9.10. The monoisotopic (exact) mass is 356 g/mol. The topological polar surface area (TPSA) is 28.7 Å². The number of hydrogen-bond acceptors (Lipinski definition) is 2. The lowest BCUT2D eigenvalue weighted by Crippen LogP contribution is -2.00. The summed E-state index contributed by atoms with van der Waals surface area (Å²) in [4.78, 5) is 7.72. The number of aromatic amines is 1. The van der Waals surface area contributed by atoms with Crippen LogP contribution in [0.4, 0.5) is 0 Å². The fourth-order valence-corrected chi connectivity index (χ4v) is 2.57. The van der Waals surface area contributed by atoms with Gasteiger partial charge in [-0.3, -0.25) is 0 Å². The number of nitrogens with zero attached hydrogens (tertiary/aromatic N) is 1. The summed E-state index contributed by atoms with van der Waals surface area (Å²) >= 11 is 14.7. The lowest BCUT2D eigenvalue weighted by Gasteiger charge is -2.08. The molecule has 1 heterocycles. The molecular formula is C14H14BrClN2S. The Morgan fingerprint density at radius 1 is 1.37 bits per heavy atom. The van der Waals surface area contributed by atoms with Crippen LogP contribution in [0.3, 0.4) is 0 Å². The average molecular weight is 358 g/mol. The van der Waals surface area contributed by atoms with Crippen LogP contribution >= 0.6 is 39.7 Å². The molecule has 0 unspecified atom stereocenters. The van der Waals surface area contributed by atoms with Crippen LogP contribution in [0.5, 0.6) is 0 Å². The van der Waals surface area contributed by atoms with Crippen LogP contribution in [0.15, 0.2) is 28.7 Å². The van der Waals surface area contributed by atoms with Gasteiger partial charge in [0.25, 0.3) is 0 Å². The van der Waals surface area contributed by atoms with E-state index in [4.69, 9.17) is 23.8 Å². The van der Waals surface area contributed by atoms with Crippen molar-refractivity contribution in [1.29, 1.82) is 0 Å². The highest BCUT2D eigenvalue weighted by Crippen LogP contribution is 2.27. The Hall–Kier alpha value is -0.710. The van der Waals surface area contributed by atoms with Gasteiger partial charge in [0.2, 0.25) is 0 Å². The second kappa shape index (κ2) is 6.16. The smallest absolute Gasteiger partial charge is 0.139 e. The van der Waals surface area contributed by atoms with E-state index >= 15 is 0 Å². The molecule has 19 heavy (non-hydrogen) atoms. The van der Waals surface area contributed by atoms with Crippen LogP contribution in [0.1, 0.15) is 19.5 Å². The molecule has 0 spiro atoms. The van der Waals surface area contributed by atoms with Gasteiger partial charge in [0.05, 0.1) is 5.02 Å². The molecule has 1 N–H and O–H groups in total. The molecule has 0 aliphatic heterocycles. The molecule has 5 heteroatoms. The number of aromatic nitrogens is 2. The third-order valence-electron chi connectivity index (χ3n) is 2.62. The lowest BCUT2D eigenvalue weighted by molar-refractivity contribution is 0.634. The molecular weight excluding hydrogens is 344 g/mol. The molecule has 0 saturated carbocycles. The number of hydrogen-bond donors (Lipinski definition) is 1. The van der Waals surface area contributed by atoms with Crippen LogP contribution in [0.25, 0.3) is 11.4 Å². The van der Waals surface area contributed by atoms with Crippen molar-refractivity contribution in [2.45, 2.75) is 20.3 Å². The van der Waals surface area contributed by atoms with E-state index in [0.717, 1.165) is 28.0 Å². The zero-order valence-corrected chi connectivity index (χ0v) is 13.9. The lowest BCUT2D eigenvalue weighted by atomic mass is 10.1. The fourth-order valence-electron chi connectivity index (χ4n) is 1.84. The molecule has 0 aliphatic rings. The van der Waals surface area contributed by atoms with E-state index in [-0.39, 0.29) is 0 Å². The number of rotatable bonds is 3. The zero-order chi connectivity index (χ0) is 14.0. The molecule has 2 nitrogen and oxygen atoms in total. The van der Waals surface area contributed by atoms with Gasteiger partial charge in [-0.05, 0) is 52.5 Å². The van der Waals surface area contributed by atoms with Gasteiger partial charge in [0.1, 0.15) is 10.5 Å². The molecule has 0 fully saturated rings. The van der Waals surface area contributed by atoms with E-state index in [0.29, 0.717) is 15.6 Å². The molecule has 0 amide bonds. The molecule has 1 aromatic heterocycles. The van der Waals surface area contributed by atoms with Crippen molar-refractivity contribution < 1.29 is 0 Å². The zero-order valence-electron chi connectivity index (χ0n) is 10.7. The third-order valence-corrected chi connectivity index (χ3v) is 4.04. The standard InChI is InChI=1S/C14H14BrClN2S/c1-8(2)5-10-7-13(19)18-14(17-10)9-3-4-12(16)11(15)6-9/h3-4,6-8H,5H2,1-2H3,(H,17,18,19). The van der Waals surface area contributed by atoms with Gasteiger partial charge in [0.15, 0.2) is 0 Å². The molecule has 0 atom stereocenters. The van der Waals surface area contributed by atoms with Gasteiger partial charge < -0.3 is 4.98 Å². The number of H-pyrrole nitrogens is 1. The second-order valence-electron chi connectivity index (χ2n) is 4.82. The van der Waals surface area contributed by atoms with Crippen molar-refractivity contribution in [3.63, 3.8) is 0 Å². The molecule has 100 valence electrons. The molecule has 0 saturated heterocycles. The van der Waals surface area contributed by atoms with Gasteiger partial charge in [0, 0.05) is 15.7 Å². The van der Waals surface area contributed by atoms with Crippen LogP contribution in [-0.2, 0) is 6.42 Å². The Morgan fingerprint density at radius 3 is 2.74 bits per heavy atom. The molecule has 0 bridgehead atoms. The number of halogens is 2. The summed E-state index contributed by atoms with van der Waals surface area (Å²) in [5.41, 5.74) is 2.07. The summed E-state index contributed by atoms with van der Waals surface area (Å²) in [5.74, 6) is 1.35. The highest BCUT2D eigenvalue weighted by atomic mass is 79.9. The summed E-state index contributed by atoms with van der Waals surface area (Å²) in [5, 5.41) is 0.681. The summed E-state index contributed by atoms with van der Waals surface area (Å²) in [6, 6.07) is 7.63. The Bertz CT molecular complexity index is 652. The largest absolute Gasteiger partial charge is 0.343 e. The van der Waals surface area contributed by atoms with Crippen molar-refractivity contribution in [1.82, 2.24) is 9.97 Å². The van der Waals surface area contributed by atoms with E-state index in [1.165, 1.54) is 0 Å². The molecule has 1 aromatic carbocycles. The summed E-state index contributed by atoms with van der Waals surface area (Å²) < 4.78 is 1.46. The quantitative estimate of drug-likeness (QED) is 0.743. The Kier molecular flexibility index (Phi) is 4.76. The van der Waals surface area contributed by atoms with E-state index in [1.807, 2.05) is 24.3 Å². The van der Waals surface area contributed by atoms with Crippen molar-refractivity contribution in [3.8, 4) is 11.4 Å². The maximum Gasteiger partial charge on any atom is 0.139 e. The second-order valence-corrected chi connectivity index (χ2v) is 6.50. The fraction of sp³-hybridized carbons (Fsp3) is 0.286. The molecule has 0 aliphatic carbocycles. The minimum atomic E-state index is 0.567. The normalized spacial score (nSPS) is 11.0. The van der Waals surface area contributed by atoms with E-state index in [2.05, 4.69) is 39.7 Å². The maximum absolute atomic E-state index is 6.00. The predicted molar refractivity (Wildman–Crippen MR) is 86.1 cm³/mol.